The van der Waals surface area contributed by atoms with E-state index in [4.69, 9.17) is 9.47 Å². The first-order chi connectivity index (χ1) is 15.6. The lowest BCUT2D eigenvalue weighted by molar-refractivity contribution is -0.122. The third kappa shape index (κ3) is 6.68. The summed E-state index contributed by atoms with van der Waals surface area (Å²) in [5.41, 5.74) is 3.21. The summed E-state index contributed by atoms with van der Waals surface area (Å²) in [4.78, 5) is 24.8. The monoisotopic (exact) mass is 432 g/mol. The van der Waals surface area contributed by atoms with E-state index in [0.29, 0.717) is 30.2 Å². The van der Waals surface area contributed by atoms with Crippen molar-refractivity contribution in [2.24, 2.45) is 0 Å². The van der Waals surface area contributed by atoms with E-state index < -0.39 is 6.10 Å². The van der Waals surface area contributed by atoms with Crippen LogP contribution >= 0.6 is 0 Å². The highest BCUT2D eigenvalue weighted by atomic mass is 16.5. The molecule has 0 saturated carbocycles. The molecule has 6 nitrogen and oxygen atoms in total. The van der Waals surface area contributed by atoms with Crippen molar-refractivity contribution < 1.29 is 19.1 Å². The van der Waals surface area contributed by atoms with Gasteiger partial charge in [-0.3, -0.25) is 9.59 Å². The number of hydrogen-bond acceptors (Lipinski definition) is 4. The van der Waals surface area contributed by atoms with Crippen LogP contribution in [0.2, 0.25) is 0 Å². The second-order valence-corrected chi connectivity index (χ2v) is 7.32. The van der Waals surface area contributed by atoms with Crippen LogP contribution in [0.4, 0.5) is 5.69 Å². The highest BCUT2D eigenvalue weighted by molar-refractivity contribution is 5.98. The minimum atomic E-state index is -0.705. The molecule has 3 aromatic carbocycles. The second kappa shape index (κ2) is 11.7. The summed E-state index contributed by atoms with van der Waals surface area (Å²) in [5, 5.41) is 5.64. The molecule has 2 amide bonds. The predicted octanol–water partition coefficient (Wildman–Crippen LogP) is 4.53. The maximum atomic E-state index is 12.6. The average Bonchev–Trinajstić information content (AvgIpc) is 2.83. The Morgan fingerprint density at radius 1 is 0.906 bits per heavy atom. The smallest absolute Gasteiger partial charge is 0.265 e. The summed E-state index contributed by atoms with van der Waals surface area (Å²) in [6.45, 7) is 2.80. The molecular formula is C26H28N2O4. The van der Waals surface area contributed by atoms with Gasteiger partial charge in [0.2, 0.25) is 0 Å². The maximum absolute atomic E-state index is 12.6. The molecule has 0 saturated heterocycles. The molecule has 166 valence electrons. The predicted molar refractivity (Wildman–Crippen MR) is 126 cm³/mol. The largest absolute Gasteiger partial charge is 0.481 e. The van der Waals surface area contributed by atoms with Gasteiger partial charge < -0.3 is 20.1 Å². The summed E-state index contributed by atoms with van der Waals surface area (Å²) in [6, 6.07) is 24.5. The van der Waals surface area contributed by atoms with Crippen LogP contribution in [0.1, 0.15) is 23.7 Å². The number of hydrogen-bond donors (Lipinski definition) is 2. The number of ether oxygens (including phenoxy) is 2. The maximum Gasteiger partial charge on any atom is 0.265 e. The van der Waals surface area contributed by atoms with E-state index in [2.05, 4.69) is 10.6 Å². The number of nitrogens with one attached hydrogen (secondary N) is 2. The van der Waals surface area contributed by atoms with Gasteiger partial charge in [0, 0.05) is 31.5 Å². The van der Waals surface area contributed by atoms with Crippen molar-refractivity contribution in [1.82, 2.24) is 5.32 Å². The minimum Gasteiger partial charge on any atom is -0.481 e. The van der Waals surface area contributed by atoms with Gasteiger partial charge in [-0.1, -0.05) is 48.5 Å². The molecule has 3 aromatic rings. The zero-order valence-corrected chi connectivity index (χ0v) is 18.3. The van der Waals surface area contributed by atoms with Crippen molar-refractivity contribution in [1.29, 1.82) is 0 Å². The summed E-state index contributed by atoms with van der Waals surface area (Å²) in [5.74, 6) is 0.117. The quantitative estimate of drug-likeness (QED) is 0.462. The van der Waals surface area contributed by atoms with Crippen LogP contribution in [-0.4, -0.2) is 38.2 Å². The van der Waals surface area contributed by atoms with E-state index in [9.17, 15) is 9.59 Å². The molecule has 6 heteroatoms. The van der Waals surface area contributed by atoms with Crippen molar-refractivity contribution in [2.75, 3.05) is 25.6 Å². The van der Waals surface area contributed by atoms with Crippen molar-refractivity contribution in [3.8, 4) is 16.9 Å². The fourth-order valence-electron chi connectivity index (χ4n) is 3.12. The number of carbonyl (C=O) groups is 2. The minimum absolute atomic E-state index is 0.194. The third-order valence-corrected chi connectivity index (χ3v) is 4.85. The molecule has 2 N–H and O–H groups in total. The number of carbonyl (C=O) groups excluding carboxylic acids is 2. The molecule has 0 aliphatic carbocycles. The summed E-state index contributed by atoms with van der Waals surface area (Å²) in [6.07, 6.45) is 0.0314. The van der Waals surface area contributed by atoms with Gasteiger partial charge in [-0.2, -0.15) is 0 Å². The Labute approximate surface area is 188 Å². The number of anilines is 1. The van der Waals surface area contributed by atoms with E-state index >= 15 is 0 Å². The standard InChI is InChI=1S/C26H28N2O4/c1-19(32-24-14-12-21(13-15-24)20-8-4-3-5-9-20)25(29)28-23-11-6-10-22(18-23)26(30)27-16-7-17-31-2/h3-6,8-15,18-19H,7,16-17H2,1-2H3,(H,27,30)(H,28,29). The fraction of sp³-hybridized carbons (Fsp3) is 0.231. The Morgan fingerprint density at radius 3 is 2.34 bits per heavy atom. The molecule has 3 rings (SSSR count). The second-order valence-electron chi connectivity index (χ2n) is 7.32. The summed E-state index contributed by atoms with van der Waals surface area (Å²) in [7, 11) is 1.62. The SMILES string of the molecule is COCCCNC(=O)c1cccc(NC(=O)C(C)Oc2ccc(-c3ccccc3)cc2)c1. The van der Waals surface area contributed by atoms with Gasteiger partial charge in [0.15, 0.2) is 6.10 Å². The molecule has 1 unspecified atom stereocenters. The fourth-order valence-corrected chi connectivity index (χ4v) is 3.12. The molecule has 0 radical (unpaired) electrons. The molecule has 32 heavy (non-hydrogen) atoms. The van der Waals surface area contributed by atoms with Crippen molar-refractivity contribution >= 4 is 17.5 Å². The zero-order valence-electron chi connectivity index (χ0n) is 18.3. The molecule has 0 spiro atoms. The normalized spacial score (nSPS) is 11.4. The first-order valence-electron chi connectivity index (χ1n) is 10.6. The number of benzene rings is 3. The number of methoxy groups -OCH3 is 1. The van der Waals surface area contributed by atoms with Crippen LogP contribution in [0, 0.1) is 0 Å². The number of rotatable bonds is 10. The van der Waals surface area contributed by atoms with Crippen LogP contribution < -0.4 is 15.4 Å². The van der Waals surface area contributed by atoms with Crippen molar-refractivity contribution in [3.63, 3.8) is 0 Å². The van der Waals surface area contributed by atoms with Gasteiger partial charge in [0.05, 0.1) is 0 Å². The Balaban J connectivity index is 1.54. The van der Waals surface area contributed by atoms with Gasteiger partial charge in [0.25, 0.3) is 11.8 Å². The summed E-state index contributed by atoms with van der Waals surface area (Å²) < 4.78 is 10.8. The van der Waals surface area contributed by atoms with Gasteiger partial charge in [-0.05, 0) is 54.8 Å². The zero-order chi connectivity index (χ0) is 22.8. The Bertz CT molecular complexity index is 1020. The molecule has 1 atom stereocenters. The molecular weight excluding hydrogens is 404 g/mol. The number of amides is 2. The van der Waals surface area contributed by atoms with Crippen LogP contribution in [0.25, 0.3) is 11.1 Å². The van der Waals surface area contributed by atoms with E-state index in [1.165, 1.54) is 0 Å². The van der Waals surface area contributed by atoms with Gasteiger partial charge in [-0.15, -0.1) is 0 Å². The van der Waals surface area contributed by atoms with E-state index in [0.717, 1.165) is 17.5 Å². The molecule has 0 aromatic heterocycles. The Hall–Kier alpha value is -3.64. The van der Waals surface area contributed by atoms with Crippen LogP contribution in [0.3, 0.4) is 0 Å². The van der Waals surface area contributed by atoms with Crippen LogP contribution in [0.5, 0.6) is 5.75 Å². The Kier molecular flexibility index (Phi) is 8.40. The summed E-state index contributed by atoms with van der Waals surface area (Å²) >= 11 is 0. The van der Waals surface area contributed by atoms with Crippen molar-refractivity contribution in [3.05, 3.63) is 84.4 Å². The first kappa shape index (κ1) is 23.0. The topological polar surface area (TPSA) is 76.7 Å². The lowest BCUT2D eigenvalue weighted by atomic mass is 10.1. The molecule has 0 aliphatic rings. The highest BCUT2D eigenvalue weighted by Crippen LogP contribution is 2.23. The highest BCUT2D eigenvalue weighted by Gasteiger charge is 2.16. The van der Waals surface area contributed by atoms with E-state index in [1.807, 2.05) is 54.6 Å². The average molecular weight is 433 g/mol. The molecule has 0 bridgehead atoms. The molecule has 0 heterocycles. The van der Waals surface area contributed by atoms with Gasteiger partial charge in [0.1, 0.15) is 5.75 Å². The lowest BCUT2D eigenvalue weighted by Crippen LogP contribution is -2.30. The first-order valence-corrected chi connectivity index (χ1v) is 10.6. The molecule has 0 fully saturated rings. The van der Waals surface area contributed by atoms with Gasteiger partial charge >= 0.3 is 0 Å². The Morgan fingerprint density at radius 2 is 1.62 bits per heavy atom. The van der Waals surface area contributed by atoms with E-state index in [-0.39, 0.29) is 11.8 Å². The van der Waals surface area contributed by atoms with E-state index in [1.54, 1.807) is 38.3 Å². The van der Waals surface area contributed by atoms with Gasteiger partial charge in [-0.25, -0.2) is 0 Å². The van der Waals surface area contributed by atoms with Crippen molar-refractivity contribution in [2.45, 2.75) is 19.4 Å². The van der Waals surface area contributed by atoms with Crippen LogP contribution in [0.15, 0.2) is 78.9 Å². The lowest BCUT2D eigenvalue weighted by Gasteiger charge is -2.15. The third-order valence-electron chi connectivity index (χ3n) is 4.85. The molecule has 0 aliphatic heterocycles. The van der Waals surface area contributed by atoms with Crippen LogP contribution in [-0.2, 0) is 9.53 Å².